The van der Waals surface area contributed by atoms with Gasteiger partial charge in [-0.3, -0.25) is 4.79 Å². The molecule has 0 saturated heterocycles. The van der Waals surface area contributed by atoms with Crippen molar-refractivity contribution < 1.29 is 4.79 Å². The minimum Gasteiger partial charge on any atom is -0.336 e. The summed E-state index contributed by atoms with van der Waals surface area (Å²) in [5.41, 5.74) is 0.819. The lowest BCUT2D eigenvalue weighted by Crippen LogP contribution is -2.38. The van der Waals surface area contributed by atoms with E-state index in [2.05, 4.69) is 29.5 Å². The van der Waals surface area contributed by atoms with Crippen molar-refractivity contribution >= 4 is 28.5 Å². The Morgan fingerprint density at radius 3 is 2.41 bits per heavy atom. The lowest BCUT2D eigenvalue weighted by atomic mass is 10.1. The predicted molar refractivity (Wildman–Crippen MR) is 78.1 cm³/mol. The molecule has 92 valence electrons. The third-order valence-electron chi connectivity index (χ3n) is 3.46. The van der Waals surface area contributed by atoms with E-state index < -0.39 is 0 Å². The van der Waals surface area contributed by atoms with E-state index in [9.17, 15) is 4.79 Å². The molecule has 0 heterocycles. The van der Waals surface area contributed by atoms with Gasteiger partial charge in [-0.1, -0.05) is 12.8 Å². The SMILES string of the molecule is CCN(C(=O)c1ccc(I)cc1)C1CCCC1. The maximum atomic E-state index is 12.4. The molecule has 1 aromatic carbocycles. The third-order valence-corrected chi connectivity index (χ3v) is 4.18. The summed E-state index contributed by atoms with van der Waals surface area (Å²) in [6.45, 7) is 2.89. The molecule has 0 aliphatic heterocycles. The fourth-order valence-electron chi connectivity index (χ4n) is 2.54. The minimum atomic E-state index is 0.191. The number of carbonyl (C=O) groups excluding carboxylic acids is 1. The van der Waals surface area contributed by atoms with Crippen LogP contribution in [-0.2, 0) is 0 Å². The van der Waals surface area contributed by atoms with E-state index in [0.717, 1.165) is 12.1 Å². The molecule has 0 unspecified atom stereocenters. The van der Waals surface area contributed by atoms with Gasteiger partial charge in [-0.2, -0.15) is 0 Å². The summed E-state index contributed by atoms with van der Waals surface area (Å²) in [6.07, 6.45) is 4.87. The second-order valence-electron chi connectivity index (χ2n) is 4.54. The maximum absolute atomic E-state index is 12.4. The monoisotopic (exact) mass is 343 g/mol. The molecule has 1 amide bonds. The molecule has 1 aliphatic rings. The molecule has 0 spiro atoms. The number of halogens is 1. The molecular formula is C14H18INO. The summed E-state index contributed by atoms with van der Waals surface area (Å²) in [5.74, 6) is 0.191. The first-order chi connectivity index (χ1) is 8.22. The summed E-state index contributed by atoms with van der Waals surface area (Å²) in [6, 6.07) is 8.32. The van der Waals surface area contributed by atoms with Gasteiger partial charge < -0.3 is 4.90 Å². The van der Waals surface area contributed by atoms with Crippen LogP contribution in [0, 0.1) is 3.57 Å². The van der Waals surface area contributed by atoms with Gasteiger partial charge in [0, 0.05) is 21.7 Å². The van der Waals surface area contributed by atoms with Crippen molar-refractivity contribution in [3.63, 3.8) is 0 Å². The standard InChI is InChI=1S/C14H18INO/c1-2-16(13-5-3-4-6-13)14(17)11-7-9-12(15)10-8-11/h7-10,13H,2-6H2,1H3. The van der Waals surface area contributed by atoms with Crippen molar-refractivity contribution in [2.75, 3.05) is 6.54 Å². The van der Waals surface area contributed by atoms with Crippen LogP contribution >= 0.6 is 22.6 Å². The average Bonchev–Trinajstić information content (AvgIpc) is 2.84. The van der Waals surface area contributed by atoms with Crippen molar-refractivity contribution in [3.05, 3.63) is 33.4 Å². The van der Waals surface area contributed by atoms with Crippen LogP contribution in [0.2, 0.25) is 0 Å². The van der Waals surface area contributed by atoms with Gasteiger partial charge in [0.2, 0.25) is 0 Å². The second-order valence-corrected chi connectivity index (χ2v) is 5.78. The zero-order valence-electron chi connectivity index (χ0n) is 10.2. The molecule has 3 heteroatoms. The van der Waals surface area contributed by atoms with Crippen molar-refractivity contribution in [3.8, 4) is 0 Å². The molecule has 0 bridgehead atoms. The van der Waals surface area contributed by atoms with Gasteiger partial charge >= 0.3 is 0 Å². The molecule has 2 rings (SSSR count). The summed E-state index contributed by atoms with van der Waals surface area (Å²) in [5, 5.41) is 0. The van der Waals surface area contributed by atoms with Gasteiger partial charge in [-0.25, -0.2) is 0 Å². The molecule has 0 N–H and O–H groups in total. The fourth-order valence-corrected chi connectivity index (χ4v) is 2.90. The van der Waals surface area contributed by atoms with Crippen LogP contribution in [0.25, 0.3) is 0 Å². The van der Waals surface area contributed by atoms with E-state index in [1.54, 1.807) is 0 Å². The molecule has 17 heavy (non-hydrogen) atoms. The molecule has 0 radical (unpaired) electrons. The molecule has 1 fully saturated rings. The molecule has 2 nitrogen and oxygen atoms in total. The van der Waals surface area contributed by atoms with Gasteiger partial charge in [0.15, 0.2) is 0 Å². The number of carbonyl (C=O) groups is 1. The van der Waals surface area contributed by atoms with Crippen molar-refractivity contribution in [1.29, 1.82) is 0 Å². The Kier molecular flexibility index (Phi) is 4.42. The van der Waals surface area contributed by atoms with E-state index in [4.69, 9.17) is 0 Å². The zero-order chi connectivity index (χ0) is 12.3. The Hall–Kier alpha value is -0.580. The van der Waals surface area contributed by atoms with E-state index >= 15 is 0 Å². The maximum Gasteiger partial charge on any atom is 0.254 e. The van der Waals surface area contributed by atoms with Gasteiger partial charge in [0.05, 0.1) is 0 Å². The normalized spacial score (nSPS) is 16.1. The number of hydrogen-bond acceptors (Lipinski definition) is 1. The van der Waals surface area contributed by atoms with E-state index in [-0.39, 0.29) is 5.91 Å². The Morgan fingerprint density at radius 2 is 1.88 bits per heavy atom. The van der Waals surface area contributed by atoms with Crippen LogP contribution in [-0.4, -0.2) is 23.4 Å². The van der Waals surface area contributed by atoms with Crippen LogP contribution in [0.4, 0.5) is 0 Å². The number of benzene rings is 1. The van der Waals surface area contributed by atoms with E-state index in [1.165, 1.54) is 29.3 Å². The smallest absolute Gasteiger partial charge is 0.254 e. The molecule has 1 aromatic rings. The quantitative estimate of drug-likeness (QED) is 0.767. The lowest BCUT2D eigenvalue weighted by molar-refractivity contribution is 0.0693. The molecule has 0 atom stereocenters. The number of amides is 1. The van der Waals surface area contributed by atoms with Crippen LogP contribution in [0.5, 0.6) is 0 Å². The first-order valence-corrected chi connectivity index (χ1v) is 7.36. The minimum absolute atomic E-state index is 0.191. The Bertz CT molecular complexity index is 382. The number of rotatable bonds is 3. The third kappa shape index (κ3) is 3.00. The summed E-state index contributed by atoms with van der Waals surface area (Å²) < 4.78 is 1.17. The first kappa shape index (κ1) is 12.9. The second kappa shape index (κ2) is 5.85. The van der Waals surface area contributed by atoms with Crippen LogP contribution in [0.15, 0.2) is 24.3 Å². The highest BCUT2D eigenvalue weighted by Crippen LogP contribution is 2.24. The average molecular weight is 343 g/mol. The Labute approximate surface area is 117 Å². The topological polar surface area (TPSA) is 20.3 Å². The molecule has 0 aromatic heterocycles. The highest BCUT2D eigenvalue weighted by Gasteiger charge is 2.25. The van der Waals surface area contributed by atoms with Crippen LogP contribution in [0.3, 0.4) is 0 Å². The van der Waals surface area contributed by atoms with E-state index in [1.807, 2.05) is 29.2 Å². The summed E-state index contributed by atoms with van der Waals surface area (Å²) in [4.78, 5) is 14.4. The van der Waals surface area contributed by atoms with Gasteiger partial charge in [0.25, 0.3) is 5.91 Å². The molecule has 1 aliphatic carbocycles. The van der Waals surface area contributed by atoms with Crippen molar-refractivity contribution in [2.45, 2.75) is 38.6 Å². The van der Waals surface area contributed by atoms with E-state index in [0.29, 0.717) is 6.04 Å². The van der Waals surface area contributed by atoms with Crippen molar-refractivity contribution in [2.24, 2.45) is 0 Å². The Morgan fingerprint density at radius 1 is 1.29 bits per heavy atom. The summed E-state index contributed by atoms with van der Waals surface area (Å²) in [7, 11) is 0. The molecular weight excluding hydrogens is 325 g/mol. The van der Waals surface area contributed by atoms with Gasteiger partial charge in [0.1, 0.15) is 0 Å². The Balaban J connectivity index is 2.13. The lowest BCUT2D eigenvalue weighted by Gasteiger charge is -2.27. The summed E-state index contributed by atoms with van der Waals surface area (Å²) >= 11 is 2.26. The highest BCUT2D eigenvalue weighted by atomic mass is 127. The zero-order valence-corrected chi connectivity index (χ0v) is 12.3. The van der Waals surface area contributed by atoms with Gasteiger partial charge in [-0.15, -0.1) is 0 Å². The van der Waals surface area contributed by atoms with Gasteiger partial charge in [-0.05, 0) is 66.6 Å². The molecule has 1 saturated carbocycles. The highest BCUT2D eigenvalue weighted by molar-refractivity contribution is 14.1. The number of hydrogen-bond donors (Lipinski definition) is 0. The number of nitrogens with zero attached hydrogens (tertiary/aromatic N) is 1. The first-order valence-electron chi connectivity index (χ1n) is 6.29. The van der Waals surface area contributed by atoms with Crippen LogP contribution < -0.4 is 0 Å². The van der Waals surface area contributed by atoms with Crippen LogP contribution in [0.1, 0.15) is 43.0 Å². The largest absolute Gasteiger partial charge is 0.336 e. The van der Waals surface area contributed by atoms with Crippen molar-refractivity contribution in [1.82, 2.24) is 4.90 Å². The fraction of sp³-hybridized carbons (Fsp3) is 0.500. The predicted octanol–water partition coefficient (Wildman–Crippen LogP) is 3.70.